The number of pyridine rings is 1. The van der Waals surface area contributed by atoms with Gasteiger partial charge in [0, 0.05) is 26.3 Å². The van der Waals surface area contributed by atoms with Crippen molar-refractivity contribution in [2.45, 2.75) is 19.3 Å². The third-order valence-corrected chi connectivity index (χ3v) is 2.45. The van der Waals surface area contributed by atoms with E-state index < -0.39 is 4.92 Å². The predicted molar refractivity (Wildman–Crippen MR) is 69.9 cm³/mol. The lowest BCUT2D eigenvalue weighted by Gasteiger charge is -2.07. The van der Waals surface area contributed by atoms with Gasteiger partial charge in [-0.05, 0) is 25.3 Å². The van der Waals surface area contributed by atoms with Crippen molar-refractivity contribution in [1.29, 1.82) is 0 Å². The van der Waals surface area contributed by atoms with E-state index in [4.69, 9.17) is 5.11 Å². The highest BCUT2D eigenvalue weighted by atomic mass is 16.6. The van der Waals surface area contributed by atoms with Crippen LogP contribution in [0.4, 0.5) is 17.3 Å². The van der Waals surface area contributed by atoms with Crippen LogP contribution in [0.2, 0.25) is 0 Å². The van der Waals surface area contributed by atoms with Gasteiger partial charge in [-0.3, -0.25) is 10.1 Å². The summed E-state index contributed by atoms with van der Waals surface area (Å²) in [7, 11) is 1.71. The Bertz CT molecular complexity index is 398. The maximum Gasteiger partial charge on any atom is 0.311 e. The molecule has 0 aliphatic carbocycles. The Hall–Kier alpha value is -1.89. The number of anilines is 2. The average Bonchev–Trinajstić information content (AvgIpc) is 2.38. The summed E-state index contributed by atoms with van der Waals surface area (Å²) in [6.45, 7) is 0.772. The SMILES string of the molecule is CNc1ccc([N+](=O)[O-])c(NCCCCCO)n1. The van der Waals surface area contributed by atoms with E-state index in [1.54, 1.807) is 13.1 Å². The quantitative estimate of drug-likeness (QED) is 0.370. The molecule has 7 heteroatoms. The van der Waals surface area contributed by atoms with E-state index in [0.717, 1.165) is 19.3 Å². The van der Waals surface area contributed by atoms with E-state index in [9.17, 15) is 10.1 Å². The van der Waals surface area contributed by atoms with Gasteiger partial charge in [-0.15, -0.1) is 0 Å². The molecule has 18 heavy (non-hydrogen) atoms. The summed E-state index contributed by atoms with van der Waals surface area (Å²) in [5.41, 5.74) is -0.0313. The second-order valence-corrected chi connectivity index (χ2v) is 3.78. The molecule has 3 N–H and O–H groups in total. The third-order valence-electron chi connectivity index (χ3n) is 2.45. The zero-order valence-corrected chi connectivity index (χ0v) is 10.3. The Kier molecular flexibility index (Phi) is 5.86. The molecule has 7 nitrogen and oxygen atoms in total. The molecule has 1 rings (SSSR count). The highest BCUT2D eigenvalue weighted by molar-refractivity contribution is 5.60. The maximum absolute atomic E-state index is 10.8. The molecule has 1 heterocycles. The maximum atomic E-state index is 10.8. The highest BCUT2D eigenvalue weighted by Crippen LogP contribution is 2.23. The minimum Gasteiger partial charge on any atom is -0.396 e. The van der Waals surface area contributed by atoms with Crippen molar-refractivity contribution in [3.63, 3.8) is 0 Å². The number of aliphatic hydroxyl groups excluding tert-OH is 1. The third kappa shape index (κ3) is 4.17. The molecule has 0 atom stereocenters. The lowest BCUT2D eigenvalue weighted by atomic mass is 10.2. The molecule has 0 amide bonds. The zero-order valence-electron chi connectivity index (χ0n) is 10.3. The molecule has 0 unspecified atom stereocenters. The van der Waals surface area contributed by atoms with Crippen molar-refractivity contribution in [2.75, 3.05) is 30.8 Å². The number of hydrogen-bond acceptors (Lipinski definition) is 6. The molecular formula is C11H18N4O3. The van der Waals surface area contributed by atoms with Crippen molar-refractivity contribution in [2.24, 2.45) is 0 Å². The van der Waals surface area contributed by atoms with Gasteiger partial charge in [0.2, 0.25) is 5.82 Å². The minimum atomic E-state index is -0.456. The van der Waals surface area contributed by atoms with E-state index in [-0.39, 0.29) is 18.1 Å². The molecule has 0 spiro atoms. The van der Waals surface area contributed by atoms with Crippen LogP contribution in [0.15, 0.2) is 12.1 Å². The topological polar surface area (TPSA) is 100 Å². The Morgan fingerprint density at radius 1 is 1.39 bits per heavy atom. The summed E-state index contributed by atoms with van der Waals surface area (Å²) in [5, 5.41) is 25.3. The first-order valence-electron chi connectivity index (χ1n) is 5.87. The fourth-order valence-electron chi connectivity index (χ4n) is 1.49. The zero-order chi connectivity index (χ0) is 13.4. The van der Waals surface area contributed by atoms with Crippen LogP contribution in [-0.4, -0.2) is 35.2 Å². The van der Waals surface area contributed by atoms with Crippen molar-refractivity contribution in [3.8, 4) is 0 Å². The average molecular weight is 254 g/mol. The molecule has 0 aliphatic rings. The van der Waals surface area contributed by atoms with Crippen LogP contribution in [0, 0.1) is 10.1 Å². The van der Waals surface area contributed by atoms with E-state index in [2.05, 4.69) is 15.6 Å². The Balaban J connectivity index is 2.63. The number of aliphatic hydroxyl groups is 1. The van der Waals surface area contributed by atoms with Crippen LogP contribution < -0.4 is 10.6 Å². The molecule has 0 bridgehead atoms. The van der Waals surface area contributed by atoms with Crippen LogP contribution in [0.5, 0.6) is 0 Å². The fraction of sp³-hybridized carbons (Fsp3) is 0.545. The lowest BCUT2D eigenvalue weighted by molar-refractivity contribution is -0.384. The van der Waals surface area contributed by atoms with Gasteiger partial charge in [0.15, 0.2) is 0 Å². The van der Waals surface area contributed by atoms with Crippen molar-refractivity contribution in [3.05, 3.63) is 22.2 Å². The molecule has 100 valence electrons. The first-order chi connectivity index (χ1) is 8.69. The lowest BCUT2D eigenvalue weighted by Crippen LogP contribution is -2.07. The monoisotopic (exact) mass is 254 g/mol. The molecule has 0 fully saturated rings. The Labute approximate surface area is 105 Å². The van der Waals surface area contributed by atoms with Crippen molar-refractivity contribution >= 4 is 17.3 Å². The first-order valence-corrected chi connectivity index (χ1v) is 5.87. The van der Waals surface area contributed by atoms with Gasteiger partial charge >= 0.3 is 5.69 Å². The van der Waals surface area contributed by atoms with Crippen LogP contribution in [0.3, 0.4) is 0 Å². The number of rotatable bonds is 8. The van der Waals surface area contributed by atoms with Crippen LogP contribution in [-0.2, 0) is 0 Å². The van der Waals surface area contributed by atoms with Crippen LogP contribution >= 0.6 is 0 Å². The number of unbranched alkanes of at least 4 members (excludes halogenated alkanes) is 2. The molecule has 1 aromatic heterocycles. The van der Waals surface area contributed by atoms with Crippen molar-refractivity contribution in [1.82, 2.24) is 4.98 Å². The number of nitrogens with one attached hydrogen (secondary N) is 2. The summed E-state index contributed by atoms with van der Waals surface area (Å²) in [4.78, 5) is 14.5. The summed E-state index contributed by atoms with van der Waals surface area (Å²) < 4.78 is 0. The number of nitrogens with zero attached hydrogens (tertiary/aromatic N) is 2. The molecule has 0 saturated carbocycles. The second-order valence-electron chi connectivity index (χ2n) is 3.78. The Morgan fingerprint density at radius 2 is 2.17 bits per heavy atom. The summed E-state index contributed by atoms with van der Waals surface area (Å²) in [6.07, 6.45) is 2.46. The van der Waals surface area contributed by atoms with E-state index >= 15 is 0 Å². The second kappa shape index (κ2) is 7.44. The molecule has 0 aromatic carbocycles. The summed E-state index contributed by atoms with van der Waals surface area (Å²) >= 11 is 0. The molecule has 0 saturated heterocycles. The minimum absolute atomic E-state index is 0.0313. The van der Waals surface area contributed by atoms with Gasteiger partial charge < -0.3 is 15.7 Å². The summed E-state index contributed by atoms with van der Waals surface area (Å²) in [6, 6.07) is 2.99. The number of hydrogen-bond donors (Lipinski definition) is 3. The van der Waals surface area contributed by atoms with Gasteiger partial charge in [0.1, 0.15) is 5.82 Å². The van der Waals surface area contributed by atoms with Gasteiger partial charge in [0.05, 0.1) is 4.92 Å². The summed E-state index contributed by atoms with van der Waals surface area (Å²) in [5.74, 6) is 0.856. The standard InChI is InChI=1S/C11H18N4O3/c1-12-10-6-5-9(15(17)18)11(14-10)13-7-3-2-4-8-16/h5-6,16H,2-4,7-8H2,1H3,(H2,12,13,14). The van der Waals surface area contributed by atoms with E-state index in [0.29, 0.717) is 12.4 Å². The normalized spacial score (nSPS) is 10.1. The predicted octanol–water partition coefficient (Wildman–Crippen LogP) is 1.61. The van der Waals surface area contributed by atoms with Crippen molar-refractivity contribution < 1.29 is 10.0 Å². The number of aromatic nitrogens is 1. The fourth-order valence-corrected chi connectivity index (χ4v) is 1.49. The molecule has 0 radical (unpaired) electrons. The molecule has 1 aromatic rings. The van der Waals surface area contributed by atoms with E-state index in [1.165, 1.54) is 6.07 Å². The first kappa shape index (κ1) is 14.2. The smallest absolute Gasteiger partial charge is 0.311 e. The Morgan fingerprint density at radius 3 is 2.78 bits per heavy atom. The largest absolute Gasteiger partial charge is 0.396 e. The van der Waals surface area contributed by atoms with Gasteiger partial charge in [0.25, 0.3) is 0 Å². The number of nitro groups is 1. The van der Waals surface area contributed by atoms with Gasteiger partial charge in [-0.1, -0.05) is 0 Å². The van der Waals surface area contributed by atoms with E-state index in [1.807, 2.05) is 0 Å². The van der Waals surface area contributed by atoms with Gasteiger partial charge in [-0.25, -0.2) is 4.98 Å². The van der Waals surface area contributed by atoms with Crippen LogP contribution in [0.25, 0.3) is 0 Å². The van der Waals surface area contributed by atoms with Gasteiger partial charge in [-0.2, -0.15) is 0 Å². The highest BCUT2D eigenvalue weighted by Gasteiger charge is 2.15. The molecule has 0 aliphatic heterocycles. The molecular weight excluding hydrogens is 236 g/mol. The van der Waals surface area contributed by atoms with Crippen LogP contribution in [0.1, 0.15) is 19.3 Å².